The number of ether oxygens (including phenoxy) is 2. The van der Waals surface area contributed by atoms with E-state index in [-0.39, 0.29) is 37.7 Å². The van der Waals surface area contributed by atoms with Crippen LogP contribution in [0.3, 0.4) is 0 Å². The molecular weight excluding hydrogens is 626 g/mol. The first-order chi connectivity index (χ1) is 23.3. The van der Waals surface area contributed by atoms with Gasteiger partial charge in [-0.15, -0.1) is 0 Å². The topological polar surface area (TPSA) is 138 Å². The van der Waals surface area contributed by atoms with Gasteiger partial charge in [0.05, 0.1) is 12.6 Å². The van der Waals surface area contributed by atoms with Crippen LogP contribution in [-0.2, 0) is 36.9 Å². The van der Waals surface area contributed by atoms with Crippen LogP contribution in [-0.4, -0.2) is 94.5 Å². The molecule has 12 heteroatoms. The third-order valence-corrected chi connectivity index (χ3v) is 9.60. The lowest BCUT2D eigenvalue weighted by molar-refractivity contribution is -0.145. The van der Waals surface area contributed by atoms with Gasteiger partial charge < -0.3 is 29.9 Å². The summed E-state index contributed by atoms with van der Waals surface area (Å²) >= 11 is 0. The van der Waals surface area contributed by atoms with E-state index in [0.29, 0.717) is 19.3 Å². The number of aryl methyl sites for hydroxylation is 1. The van der Waals surface area contributed by atoms with Gasteiger partial charge in [-0.05, 0) is 82.9 Å². The highest BCUT2D eigenvalue weighted by molar-refractivity contribution is 5.95. The minimum atomic E-state index is -1.18. The van der Waals surface area contributed by atoms with E-state index in [1.165, 1.54) is 24.4 Å². The van der Waals surface area contributed by atoms with E-state index in [2.05, 4.69) is 16.7 Å². The van der Waals surface area contributed by atoms with Crippen LogP contribution in [0.1, 0.15) is 82.5 Å². The van der Waals surface area contributed by atoms with Crippen molar-refractivity contribution in [3.63, 3.8) is 0 Å². The van der Waals surface area contributed by atoms with Gasteiger partial charge in [-0.25, -0.2) is 9.59 Å². The molecule has 5 atom stereocenters. The molecule has 49 heavy (non-hydrogen) atoms. The molecule has 12 nitrogen and oxygen atoms in total. The zero-order valence-corrected chi connectivity index (χ0v) is 29.1. The number of rotatable bonds is 7. The number of nitrogens with zero attached hydrogens (tertiary/aromatic N) is 3. The average Bonchev–Trinajstić information content (AvgIpc) is 3.50. The van der Waals surface area contributed by atoms with Crippen molar-refractivity contribution in [1.82, 2.24) is 25.3 Å². The molecule has 2 aromatic rings. The summed E-state index contributed by atoms with van der Waals surface area (Å²) < 4.78 is 11.0. The van der Waals surface area contributed by atoms with Gasteiger partial charge in [-0.3, -0.25) is 19.3 Å². The van der Waals surface area contributed by atoms with Crippen LogP contribution < -0.4 is 10.6 Å². The predicted octanol–water partition coefficient (Wildman–Crippen LogP) is 4.32. The van der Waals surface area contributed by atoms with Crippen molar-refractivity contribution in [2.75, 3.05) is 20.1 Å². The van der Waals surface area contributed by atoms with Crippen LogP contribution in [0.15, 0.2) is 54.6 Å². The summed E-state index contributed by atoms with van der Waals surface area (Å²) in [6.45, 7) is 6.90. The van der Waals surface area contributed by atoms with E-state index in [9.17, 15) is 24.0 Å². The summed E-state index contributed by atoms with van der Waals surface area (Å²) in [7, 11) is 1.45. The first kappa shape index (κ1) is 35.7. The molecule has 2 N–H and O–H groups in total. The van der Waals surface area contributed by atoms with E-state index < -0.39 is 47.7 Å². The molecule has 0 spiro atoms. The number of fused-ring (bicyclic) bond motifs is 2. The zero-order valence-electron chi connectivity index (χ0n) is 29.1. The summed E-state index contributed by atoms with van der Waals surface area (Å²) in [6.07, 6.45) is 2.95. The first-order valence-electron chi connectivity index (χ1n) is 17.2. The molecule has 2 heterocycles. The minimum Gasteiger partial charge on any atom is -0.445 e. The molecule has 0 radical (unpaired) electrons. The quantitative estimate of drug-likeness (QED) is 0.446. The van der Waals surface area contributed by atoms with Crippen molar-refractivity contribution in [2.24, 2.45) is 0 Å². The number of likely N-dealkylation sites (N-methyl/N-ethyl adjacent to an activating group) is 1. The number of hydrogen-bond acceptors (Lipinski definition) is 7. The highest BCUT2D eigenvalue weighted by atomic mass is 16.6. The Hall–Kier alpha value is -4.61. The Morgan fingerprint density at radius 3 is 2.39 bits per heavy atom. The normalized spacial score (nSPS) is 22.8. The SMILES string of the molecule is C[C@@H](C(=O)N[C@H]1CN(C(=O)OCc2ccccc2)CC[C@H]2CC[C@@H](C(=O)N[C@@H]3CCCc4ccccc43)N2C1=O)N(C)C(=O)OC(C)(C)C. The maximum atomic E-state index is 14.4. The number of hydrogen-bond donors (Lipinski definition) is 2. The van der Waals surface area contributed by atoms with E-state index in [1.807, 2.05) is 48.5 Å². The molecular formula is C37H49N5O7. The van der Waals surface area contributed by atoms with E-state index >= 15 is 0 Å². The van der Waals surface area contributed by atoms with Gasteiger partial charge in [0.1, 0.15) is 30.3 Å². The Morgan fingerprint density at radius 2 is 1.65 bits per heavy atom. The largest absolute Gasteiger partial charge is 0.445 e. The lowest BCUT2D eigenvalue weighted by Crippen LogP contribution is -2.62. The summed E-state index contributed by atoms with van der Waals surface area (Å²) in [6, 6.07) is 14.0. The summed E-state index contributed by atoms with van der Waals surface area (Å²) in [4.78, 5) is 72.2. The Balaban J connectivity index is 1.34. The van der Waals surface area contributed by atoms with Crippen molar-refractivity contribution < 1.29 is 33.4 Å². The molecule has 0 aromatic heterocycles. The molecule has 2 fully saturated rings. The van der Waals surface area contributed by atoms with Gasteiger partial charge in [0.25, 0.3) is 0 Å². The molecule has 264 valence electrons. The van der Waals surface area contributed by atoms with Crippen LogP contribution in [0.5, 0.6) is 0 Å². The smallest absolute Gasteiger partial charge is 0.410 e. The number of benzene rings is 2. The number of amides is 5. The molecule has 0 bridgehead atoms. The van der Waals surface area contributed by atoms with Gasteiger partial charge >= 0.3 is 12.2 Å². The van der Waals surface area contributed by atoms with Crippen LogP contribution in [0, 0.1) is 0 Å². The Labute approximate surface area is 288 Å². The maximum Gasteiger partial charge on any atom is 0.410 e. The number of carbonyl (C=O) groups is 5. The fourth-order valence-corrected chi connectivity index (χ4v) is 6.85. The highest BCUT2D eigenvalue weighted by Crippen LogP contribution is 2.33. The first-order valence-corrected chi connectivity index (χ1v) is 17.2. The lowest BCUT2D eigenvalue weighted by Gasteiger charge is -2.39. The highest BCUT2D eigenvalue weighted by Gasteiger charge is 2.46. The van der Waals surface area contributed by atoms with Gasteiger partial charge in [-0.2, -0.15) is 0 Å². The fraction of sp³-hybridized carbons (Fsp3) is 0.541. The molecule has 0 saturated carbocycles. The summed E-state index contributed by atoms with van der Waals surface area (Å²) in [5.74, 6) is -1.27. The lowest BCUT2D eigenvalue weighted by atomic mass is 9.87. The molecule has 2 aromatic carbocycles. The van der Waals surface area contributed by atoms with Crippen molar-refractivity contribution in [3.05, 3.63) is 71.3 Å². The van der Waals surface area contributed by atoms with Crippen LogP contribution >= 0.6 is 0 Å². The van der Waals surface area contributed by atoms with E-state index in [1.54, 1.807) is 25.7 Å². The van der Waals surface area contributed by atoms with Gasteiger partial charge in [0.15, 0.2) is 0 Å². The summed E-state index contributed by atoms with van der Waals surface area (Å²) in [5.41, 5.74) is 2.38. The standard InChI is InChI=1S/C37H49N5O7/c1-24(40(5)35(46)49-37(2,3)4)32(43)39-30-22-41(36(47)48-23-25-12-7-6-8-13-25)21-20-27-18-19-31(42(27)34(30)45)33(44)38-29-17-11-15-26-14-9-10-16-28(26)29/h6-10,12-14,16,24,27,29-31H,11,15,17-23H2,1-5H3,(H,38,44)(H,39,43)/t24-,27+,29+,30-,31-/m0/s1. The maximum absolute atomic E-state index is 14.4. The third-order valence-electron chi connectivity index (χ3n) is 9.60. The van der Waals surface area contributed by atoms with Crippen molar-refractivity contribution >= 4 is 29.9 Å². The molecule has 2 saturated heterocycles. The predicted molar refractivity (Wildman–Crippen MR) is 182 cm³/mol. The van der Waals surface area contributed by atoms with Gasteiger partial charge in [0.2, 0.25) is 17.7 Å². The van der Waals surface area contributed by atoms with Crippen LogP contribution in [0.2, 0.25) is 0 Å². The summed E-state index contributed by atoms with van der Waals surface area (Å²) in [5, 5.41) is 6.02. The molecule has 5 amide bonds. The Kier molecular flexibility index (Phi) is 11.1. The van der Waals surface area contributed by atoms with Crippen molar-refractivity contribution in [3.8, 4) is 0 Å². The van der Waals surface area contributed by atoms with Gasteiger partial charge in [0, 0.05) is 19.6 Å². The number of carbonyl (C=O) groups excluding carboxylic acids is 5. The molecule has 2 aliphatic heterocycles. The van der Waals surface area contributed by atoms with Crippen LogP contribution in [0.25, 0.3) is 0 Å². The zero-order chi connectivity index (χ0) is 35.3. The van der Waals surface area contributed by atoms with Crippen molar-refractivity contribution in [1.29, 1.82) is 0 Å². The molecule has 1 aliphatic carbocycles. The Bertz CT molecular complexity index is 1530. The average molecular weight is 676 g/mol. The Morgan fingerprint density at radius 1 is 0.939 bits per heavy atom. The number of nitrogens with one attached hydrogen (secondary N) is 2. The van der Waals surface area contributed by atoms with E-state index in [4.69, 9.17) is 9.47 Å². The fourth-order valence-electron chi connectivity index (χ4n) is 6.85. The second kappa shape index (κ2) is 15.3. The van der Waals surface area contributed by atoms with Crippen molar-refractivity contribution in [2.45, 2.75) is 109 Å². The third kappa shape index (κ3) is 8.71. The van der Waals surface area contributed by atoms with Gasteiger partial charge in [-0.1, -0.05) is 54.6 Å². The molecule has 0 unspecified atom stereocenters. The second-order valence-corrected chi connectivity index (χ2v) is 14.2. The van der Waals surface area contributed by atoms with Crippen LogP contribution in [0.4, 0.5) is 9.59 Å². The van der Waals surface area contributed by atoms with E-state index in [0.717, 1.165) is 35.3 Å². The molecule has 5 rings (SSSR count). The second-order valence-electron chi connectivity index (χ2n) is 14.2. The monoisotopic (exact) mass is 675 g/mol. The molecule has 3 aliphatic rings. The minimum absolute atomic E-state index is 0.0565.